The van der Waals surface area contributed by atoms with Crippen molar-refractivity contribution in [3.8, 4) is 0 Å². The van der Waals surface area contributed by atoms with Crippen LogP contribution in [0.25, 0.3) is 0 Å². The van der Waals surface area contributed by atoms with Crippen LogP contribution in [0.5, 0.6) is 0 Å². The first-order valence-electron chi connectivity index (χ1n) is 5.95. The van der Waals surface area contributed by atoms with Crippen LogP contribution in [0.1, 0.15) is 43.7 Å². The van der Waals surface area contributed by atoms with Crippen LogP contribution in [0.15, 0.2) is 17.2 Å². The first-order chi connectivity index (χ1) is 8.16. The summed E-state index contributed by atoms with van der Waals surface area (Å²) in [7, 11) is 0. The van der Waals surface area contributed by atoms with Gasteiger partial charge in [0.25, 0.3) is 5.56 Å². The van der Waals surface area contributed by atoms with Crippen molar-refractivity contribution in [1.82, 2.24) is 9.55 Å². The highest BCUT2D eigenvalue weighted by molar-refractivity contribution is 5.66. The minimum Gasteiger partial charge on any atom is -0.480 e. The van der Waals surface area contributed by atoms with Crippen LogP contribution in [0.4, 0.5) is 0 Å². The Morgan fingerprint density at radius 1 is 1.41 bits per heavy atom. The molecule has 1 aromatic heterocycles. The third-order valence-electron chi connectivity index (χ3n) is 3.23. The Balaban J connectivity index is 2.18. The van der Waals surface area contributed by atoms with Gasteiger partial charge in [-0.3, -0.25) is 14.2 Å². The summed E-state index contributed by atoms with van der Waals surface area (Å²) in [5, 5.41) is 8.62. The average molecular weight is 236 g/mol. The molecule has 92 valence electrons. The van der Waals surface area contributed by atoms with E-state index >= 15 is 0 Å². The fourth-order valence-electron chi connectivity index (χ4n) is 2.33. The topological polar surface area (TPSA) is 72.2 Å². The molecule has 2 rings (SSSR count). The molecule has 0 bridgehead atoms. The van der Waals surface area contributed by atoms with Crippen molar-refractivity contribution in [3.05, 3.63) is 28.4 Å². The molecule has 1 fully saturated rings. The number of carboxylic acids is 1. The number of hydrogen-bond donors (Lipinski definition) is 1. The zero-order valence-electron chi connectivity index (χ0n) is 9.63. The molecule has 0 atom stereocenters. The van der Waals surface area contributed by atoms with E-state index in [0.717, 1.165) is 23.1 Å². The number of hydrogen-bond acceptors (Lipinski definition) is 3. The number of aliphatic carboxylic acids is 1. The summed E-state index contributed by atoms with van der Waals surface area (Å²) >= 11 is 0. The van der Waals surface area contributed by atoms with Crippen molar-refractivity contribution in [2.75, 3.05) is 0 Å². The van der Waals surface area contributed by atoms with Crippen LogP contribution in [-0.4, -0.2) is 20.6 Å². The van der Waals surface area contributed by atoms with E-state index in [-0.39, 0.29) is 12.1 Å². The lowest BCUT2D eigenvalue weighted by molar-refractivity contribution is -0.137. The molecule has 0 aliphatic heterocycles. The van der Waals surface area contributed by atoms with Crippen molar-refractivity contribution >= 4 is 5.97 Å². The van der Waals surface area contributed by atoms with Crippen LogP contribution in [0, 0.1) is 0 Å². The average Bonchev–Trinajstić information content (AvgIpc) is 2.32. The second-order valence-corrected chi connectivity index (χ2v) is 4.51. The second kappa shape index (κ2) is 5.12. The largest absolute Gasteiger partial charge is 0.480 e. The Hall–Kier alpha value is -1.65. The standard InChI is InChI=1S/C12H16N2O3/c15-11-6-10(9-4-2-1-3-5-9)13-8-14(11)7-12(16)17/h6,8-9H,1-5,7H2,(H,16,17). The van der Waals surface area contributed by atoms with E-state index in [2.05, 4.69) is 4.98 Å². The summed E-state index contributed by atoms with van der Waals surface area (Å²) in [4.78, 5) is 26.4. The SMILES string of the molecule is O=C(O)Cn1cnc(C2CCCCC2)cc1=O. The van der Waals surface area contributed by atoms with E-state index in [1.807, 2.05) is 0 Å². The quantitative estimate of drug-likeness (QED) is 0.860. The van der Waals surface area contributed by atoms with Gasteiger partial charge in [0.15, 0.2) is 0 Å². The normalized spacial score (nSPS) is 16.9. The molecule has 0 aromatic carbocycles. The number of carbonyl (C=O) groups is 1. The first-order valence-corrected chi connectivity index (χ1v) is 5.95. The van der Waals surface area contributed by atoms with Gasteiger partial charge in [0.05, 0.1) is 12.0 Å². The number of nitrogens with zero attached hydrogens (tertiary/aromatic N) is 2. The van der Waals surface area contributed by atoms with Gasteiger partial charge in [0.2, 0.25) is 0 Å². The van der Waals surface area contributed by atoms with Crippen LogP contribution < -0.4 is 5.56 Å². The second-order valence-electron chi connectivity index (χ2n) is 4.51. The molecule has 1 saturated carbocycles. The third kappa shape index (κ3) is 2.93. The molecule has 5 nitrogen and oxygen atoms in total. The van der Waals surface area contributed by atoms with Crippen molar-refractivity contribution in [3.63, 3.8) is 0 Å². The van der Waals surface area contributed by atoms with E-state index in [9.17, 15) is 9.59 Å². The molecule has 1 N–H and O–H groups in total. The number of aromatic nitrogens is 2. The van der Waals surface area contributed by atoms with Crippen LogP contribution in [0.2, 0.25) is 0 Å². The van der Waals surface area contributed by atoms with Gasteiger partial charge in [0, 0.05) is 12.0 Å². The fourth-order valence-corrected chi connectivity index (χ4v) is 2.33. The maximum absolute atomic E-state index is 11.7. The molecular formula is C12H16N2O3. The predicted octanol–water partition coefficient (Wildman–Crippen LogP) is 1.38. The molecule has 17 heavy (non-hydrogen) atoms. The van der Waals surface area contributed by atoms with Gasteiger partial charge in [-0.15, -0.1) is 0 Å². The predicted molar refractivity (Wildman–Crippen MR) is 62.0 cm³/mol. The summed E-state index contributed by atoms with van der Waals surface area (Å²) in [6.07, 6.45) is 7.13. The zero-order chi connectivity index (χ0) is 12.3. The van der Waals surface area contributed by atoms with Gasteiger partial charge in [-0.25, -0.2) is 4.98 Å². The highest BCUT2D eigenvalue weighted by atomic mass is 16.4. The molecule has 0 spiro atoms. The molecule has 1 aliphatic carbocycles. The molecule has 0 unspecified atom stereocenters. The lowest BCUT2D eigenvalue weighted by atomic mass is 9.87. The van der Waals surface area contributed by atoms with Crippen LogP contribution in [-0.2, 0) is 11.3 Å². The molecule has 1 heterocycles. The van der Waals surface area contributed by atoms with E-state index in [1.165, 1.54) is 31.7 Å². The summed E-state index contributed by atoms with van der Waals surface area (Å²) in [5.74, 6) is -0.657. The Bertz CT molecular complexity index is 461. The van der Waals surface area contributed by atoms with Gasteiger partial charge >= 0.3 is 5.97 Å². The molecule has 0 amide bonds. The van der Waals surface area contributed by atoms with Crippen molar-refractivity contribution in [2.24, 2.45) is 0 Å². The molecule has 0 radical (unpaired) electrons. The molecule has 1 aromatic rings. The Morgan fingerprint density at radius 2 is 2.12 bits per heavy atom. The van der Waals surface area contributed by atoms with E-state index in [1.54, 1.807) is 0 Å². The van der Waals surface area contributed by atoms with E-state index < -0.39 is 5.97 Å². The summed E-state index contributed by atoms with van der Waals surface area (Å²) in [6, 6.07) is 1.49. The van der Waals surface area contributed by atoms with Gasteiger partial charge in [-0.1, -0.05) is 19.3 Å². The molecule has 0 saturated heterocycles. The zero-order valence-corrected chi connectivity index (χ0v) is 9.63. The lowest BCUT2D eigenvalue weighted by Crippen LogP contribution is -2.25. The maximum Gasteiger partial charge on any atom is 0.323 e. The number of rotatable bonds is 3. The smallest absolute Gasteiger partial charge is 0.323 e. The fraction of sp³-hybridized carbons (Fsp3) is 0.583. The molecular weight excluding hydrogens is 220 g/mol. The third-order valence-corrected chi connectivity index (χ3v) is 3.23. The minimum atomic E-state index is -1.03. The van der Waals surface area contributed by atoms with Gasteiger partial charge < -0.3 is 5.11 Å². The lowest BCUT2D eigenvalue weighted by Gasteiger charge is -2.20. The van der Waals surface area contributed by atoms with E-state index in [4.69, 9.17) is 5.11 Å². The highest BCUT2D eigenvalue weighted by Crippen LogP contribution is 2.30. The first kappa shape index (κ1) is 11.8. The maximum atomic E-state index is 11.7. The summed E-state index contributed by atoms with van der Waals surface area (Å²) in [5.41, 5.74) is 0.541. The van der Waals surface area contributed by atoms with Gasteiger partial charge in [-0.2, -0.15) is 0 Å². The highest BCUT2D eigenvalue weighted by Gasteiger charge is 2.17. The van der Waals surface area contributed by atoms with Crippen LogP contribution in [0.3, 0.4) is 0 Å². The Morgan fingerprint density at radius 3 is 2.71 bits per heavy atom. The van der Waals surface area contributed by atoms with Gasteiger partial charge in [0.1, 0.15) is 6.54 Å². The Labute approximate surface area is 99.1 Å². The van der Waals surface area contributed by atoms with E-state index in [0.29, 0.717) is 5.92 Å². The Kier molecular flexibility index (Phi) is 3.56. The molecule has 5 heteroatoms. The van der Waals surface area contributed by atoms with Gasteiger partial charge in [-0.05, 0) is 12.8 Å². The number of carboxylic acid groups (broad SMARTS) is 1. The van der Waals surface area contributed by atoms with Crippen molar-refractivity contribution in [2.45, 2.75) is 44.6 Å². The minimum absolute atomic E-state index is 0.275. The summed E-state index contributed by atoms with van der Waals surface area (Å²) < 4.78 is 1.12. The monoisotopic (exact) mass is 236 g/mol. The van der Waals surface area contributed by atoms with Crippen molar-refractivity contribution < 1.29 is 9.90 Å². The summed E-state index contributed by atoms with van der Waals surface area (Å²) in [6.45, 7) is -0.323. The molecule has 1 aliphatic rings. The van der Waals surface area contributed by atoms with Crippen LogP contribution >= 0.6 is 0 Å². The van der Waals surface area contributed by atoms with Crippen molar-refractivity contribution in [1.29, 1.82) is 0 Å².